The number of anilines is 1. The van der Waals surface area contributed by atoms with E-state index in [4.69, 9.17) is 16.7 Å². The summed E-state index contributed by atoms with van der Waals surface area (Å²) in [5, 5.41) is 34.4. The Morgan fingerprint density at radius 1 is 0.972 bits per heavy atom. The summed E-state index contributed by atoms with van der Waals surface area (Å²) in [6.45, 7) is 0. The van der Waals surface area contributed by atoms with Crippen LogP contribution in [0.5, 0.6) is 0 Å². The molecular weight excluding hydrogens is 524 g/mol. The lowest BCUT2D eigenvalue weighted by Gasteiger charge is -2.06. The van der Waals surface area contributed by atoms with E-state index in [2.05, 4.69) is 15.6 Å². The summed E-state index contributed by atoms with van der Waals surface area (Å²) in [6.07, 6.45) is 0. The SMILES string of the molecule is Cn1nnc2cc(C(=O)Nc3scc(-c4ccc(Cl)cc4)c3C(=O)O)ccc21.O=C(O)c1ccsc1. The molecule has 0 aliphatic heterocycles. The van der Waals surface area contributed by atoms with Crippen molar-refractivity contribution in [3.05, 3.63) is 86.4 Å². The van der Waals surface area contributed by atoms with Crippen LogP contribution in [0.3, 0.4) is 0 Å². The fourth-order valence-electron chi connectivity index (χ4n) is 3.25. The molecule has 0 aliphatic rings. The van der Waals surface area contributed by atoms with Gasteiger partial charge in [-0.1, -0.05) is 28.9 Å². The smallest absolute Gasteiger partial charge is 0.339 e. The van der Waals surface area contributed by atoms with Gasteiger partial charge in [0.25, 0.3) is 5.91 Å². The van der Waals surface area contributed by atoms with Gasteiger partial charge in [0.1, 0.15) is 16.1 Å². The molecular formula is C24H17ClN4O5S2. The van der Waals surface area contributed by atoms with Crippen LogP contribution in [-0.2, 0) is 7.05 Å². The van der Waals surface area contributed by atoms with E-state index in [1.54, 1.807) is 76.4 Å². The zero-order valence-electron chi connectivity index (χ0n) is 18.5. The van der Waals surface area contributed by atoms with E-state index in [-0.39, 0.29) is 10.6 Å². The Labute approximate surface area is 217 Å². The number of carboxylic acid groups (broad SMARTS) is 2. The Kier molecular flexibility index (Phi) is 7.44. The molecule has 0 saturated carbocycles. The van der Waals surface area contributed by atoms with Gasteiger partial charge in [-0.2, -0.15) is 11.3 Å². The van der Waals surface area contributed by atoms with Crippen LogP contribution in [0.1, 0.15) is 31.1 Å². The molecule has 9 nitrogen and oxygen atoms in total. The molecule has 3 heterocycles. The number of carbonyl (C=O) groups excluding carboxylic acids is 1. The minimum atomic E-state index is -1.12. The summed E-state index contributed by atoms with van der Waals surface area (Å²) in [4.78, 5) is 34.6. The maximum atomic E-state index is 12.7. The standard InChI is InChI=1S/C19H13ClN4O3S.C5H4O2S/c1-24-15-7-4-11(8-14(15)22-23-24)17(25)21-18-16(19(26)27)13(9-28-18)10-2-5-12(20)6-3-10;6-5(7)4-1-2-8-3-4/h2-9H,1H3,(H,21,25)(H,26,27);1-3H,(H,6,7). The van der Waals surface area contributed by atoms with Gasteiger partial charge < -0.3 is 15.5 Å². The minimum absolute atomic E-state index is 0.0428. The van der Waals surface area contributed by atoms with Gasteiger partial charge >= 0.3 is 11.9 Å². The number of aromatic carboxylic acids is 2. The highest BCUT2D eigenvalue weighted by molar-refractivity contribution is 7.15. The molecule has 0 aliphatic carbocycles. The van der Waals surface area contributed by atoms with Gasteiger partial charge in [-0.15, -0.1) is 16.4 Å². The molecule has 0 radical (unpaired) electrons. The quantitative estimate of drug-likeness (QED) is 0.258. The predicted molar refractivity (Wildman–Crippen MR) is 139 cm³/mol. The van der Waals surface area contributed by atoms with E-state index in [1.165, 1.54) is 11.3 Å². The molecule has 3 N–H and O–H groups in total. The lowest BCUT2D eigenvalue weighted by molar-refractivity contribution is 0.0687. The Morgan fingerprint density at radius 2 is 1.72 bits per heavy atom. The normalized spacial score (nSPS) is 10.5. The lowest BCUT2D eigenvalue weighted by atomic mass is 10.0. The zero-order valence-corrected chi connectivity index (χ0v) is 20.9. The number of aromatic nitrogens is 3. The highest BCUT2D eigenvalue weighted by atomic mass is 35.5. The third kappa shape index (κ3) is 5.43. The summed E-state index contributed by atoms with van der Waals surface area (Å²) in [5.41, 5.74) is 3.39. The second-order valence-electron chi connectivity index (χ2n) is 7.35. The molecule has 0 spiro atoms. The molecule has 0 atom stereocenters. The van der Waals surface area contributed by atoms with Crippen LogP contribution in [0.4, 0.5) is 5.00 Å². The van der Waals surface area contributed by atoms with E-state index in [0.29, 0.717) is 32.8 Å². The van der Waals surface area contributed by atoms with Gasteiger partial charge in [0, 0.05) is 34.0 Å². The topological polar surface area (TPSA) is 134 Å². The van der Waals surface area contributed by atoms with Crippen molar-refractivity contribution >= 4 is 68.2 Å². The first-order valence-electron chi connectivity index (χ1n) is 10.2. The van der Waals surface area contributed by atoms with Crippen molar-refractivity contribution in [2.45, 2.75) is 0 Å². The largest absolute Gasteiger partial charge is 0.478 e. The molecule has 0 fully saturated rings. The summed E-state index contributed by atoms with van der Waals surface area (Å²) in [6, 6.07) is 13.4. The van der Waals surface area contributed by atoms with Gasteiger partial charge in [-0.05, 0) is 47.3 Å². The molecule has 0 bridgehead atoms. The van der Waals surface area contributed by atoms with Crippen molar-refractivity contribution in [3.63, 3.8) is 0 Å². The first kappa shape index (κ1) is 25.0. The van der Waals surface area contributed by atoms with Crippen molar-refractivity contribution in [3.8, 4) is 11.1 Å². The molecule has 182 valence electrons. The van der Waals surface area contributed by atoms with Gasteiger partial charge in [0.05, 0.1) is 11.1 Å². The van der Waals surface area contributed by atoms with Crippen LogP contribution in [0.2, 0.25) is 5.02 Å². The first-order valence-corrected chi connectivity index (χ1v) is 12.4. The molecule has 12 heteroatoms. The highest BCUT2D eigenvalue weighted by Crippen LogP contribution is 2.36. The number of halogens is 1. The number of hydrogen-bond donors (Lipinski definition) is 3. The van der Waals surface area contributed by atoms with Crippen LogP contribution in [0, 0.1) is 0 Å². The number of thiophene rings is 2. The molecule has 36 heavy (non-hydrogen) atoms. The summed E-state index contributed by atoms with van der Waals surface area (Å²) >= 11 is 8.45. The molecule has 2 aromatic carbocycles. The Hall–Kier alpha value is -4.06. The van der Waals surface area contributed by atoms with Crippen molar-refractivity contribution in [2.75, 3.05) is 5.32 Å². The fourth-order valence-corrected chi connectivity index (χ4v) is 4.96. The van der Waals surface area contributed by atoms with E-state index >= 15 is 0 Å². The average molecular weight is 541 g/mol. The summed E-state index contributed by atoms with van der Waals surface area (Å²) in [7, 11) is 1.76. The molecule has 5 aromatic rings. The summed E-state index contributed by atoms with van der Waals surface area (Å²) < 4.78 is 1.61. The number of hydrogen-bond acceptors (Lipinski definition) is 7. The molecule has 5 rings (SSSR count). The average Bonchev–Trinajstić information content (AvgIpc) is 3.60. The minimum Gasteiger partial charge on any atom is -0.478 e. The maximum absolute atomic E-state index is 12.7. The second-order valence-corrected chi connectivity index (χ2v) is 9.45. The fraction of sp³-hybridized carbons (Fsp3) is 0.0417. The van der Waals surface area contributed by atoms with E-state index in [0.717, 1.165) is 16.9 Å². The molecule has 0 saturated heterocycles. The van der Waals surface area contributed by atoms with Crippen molar-refractivity contribution < 1.29 is 24.6 Å². The zero-order chi connectivity index (χ0) is 25.8. The number of fused-ring (bicyclic) bond motifs is 1. The number of nitrogens with zero attached hydrogens (tertiary/aromatic N) is 3. The number of aryl methyl sites for hydroxylation is 1. The van der Waals surface area contributed by atoms with Crippen molar-refractivity contribution in [1.29, 1.82) is 0 Å². The molecule has 1 amide bonds. The lowest BCUT2D eigenvalue weighted by Crippen LogP contribution is -2.13. The number of amides is 1. The number of nitrogens with one attached hydrogen (secondary N) is 1. The predicted octanol–water partition coefficient (Wildman–Crippen LogP) is 5.75. The molecule has 0 unspecified atom stereocenters. The van der Waals surface area contributed by atoms with E-state index in [9.17, 15) is 19.5 Å². The van der Waals surface area contributed by atoms with Crippen LogP contribution in [-0.4, -0.2) is 43.1 Å². The van der Waals surface area contributed by atoms with E-state index in [1.807, 2.05) is 0 Å². The third-order valence-electron chi connectivity index (χ3n) is 5.03. The number of rotatable bonds is 5. The Morgan fingerprint density at radius 3 is 2.33 bits per heavy atom. The Balaban J connectivity index is 0.000000325. The van der Waals surface area contributed by atoms with Crippen LogP contribution in [0.15, 0.2) is 64.7 Å². The van der Waals surface area contributed by atoms with Crippen LogP contribution < -0.4 is 5.32 Å². The first-order chi connectivity index (χ1) is 17.2. The van der Waals surface area contributed by atoms with E-state index < -0.39 is 17.8 Å². The molecule has 3 aromatic heterocycles. The number of carboxylic acids is 2. The monoisotopic (exact) mass is 540 g/mol. The van der Waals surface area contributed by atoms with Gasteiger partial charge in [0.15, 0.2) is 0 Å². The summed E-state index contributed by atoms with van der Waals surface area (Å²) in [5.74, 6) is -2.39. The third-order valence-corrected chi connectivity index (χ3v) is 6.86. The van der Waals surface area contributed by atoms with Gasteiger partial charge in [-0.3, -0.25) is 4.79 Å². The maximum Gasteiger partial charge on any atom is 0.339 e. The highest BCUT2D eigenvalue weighted by Gasteiger charge is 2.22. The van der Waals surface area contributed by atoms with Crippen molar-refractivity contribution in [2.24, 2.45) is 7.05 Å². The number of carbonyl (C=O) groups is 3. The van der Waals surface area contributed by atoms with Crippen LogP contribution in [0.25, 0.3) is 22.2 Å². The Bertz CT molecular complexity index is 1560. The van der Waals surface area contributed by atoms with Gasteiger partial charge in [-0.25, -0.2) is 14.3 Å². The van der Waals surface area contributed by atoms with Crippen molar-refractivity contribution in [1.82, 2.24) is 15.0 Å². The second kappa shape index (κ2) is 10.7. The van der Waals surface area contributed by atoms with Gasteiger partial charge in [0.2, 0.25) is 0 Å². The number of benzene rings is 2. The van der Waals surface area contributed by atoms with Crippen LogP contribution >= 0.6 is 34.3 Å².